The maximum absolute atomic E-state index is 11.5. The van der Waals surface area contributed by atoms with Crippen LogP contribution in [0.1, 0.15) is 25.3 Å². The average Bonchev–Trinajstić information content (AvgIpc) is 3.38. The van der Waals surface area contributed by atoms with Crippen molar-refractivity contribution in [3.63, 3.8) is 0 Å². The number of nitrogens with one attached hydrogen (secondary N) is 3. The topological polar surface area (TPSA) is 65.5 Å². The Kier molecular flexibility index (Phi) is 10.1. The van der Waals surface area contributed by atoms with Gasteiger partial charge in [-0.2, -0.15) is 0 Å². The van der Waals surface area contributed by atoms with Crippen molar-refractivity contribution in [2.75, 3.05) is 26.2 Å². The number of rotatable bonds is 8. The molecule has 0 unspecified atom stereocenters. The maximum Gasteiger partial charge on any atom is 0.223 e. The molecular weight excluding hydrogens is 439 g/mol. The zero-order chi connectivity index (χ0) is 16.5. The summed E-state index contributed by atoms with van der Waals surface area (Å²) < 4.78 is 0. The van der Waals surface area contributed by atoms with E-state index >= 15 is 0 Å². The monoisotopic (exact) mass is 464 g/mol. The van der Waals surface area contributed by atoms with Crippen LogP contribution in [0.2, 0.25) is 5.02 Å². The van der Waals surface area contributed by atoms with E-state index in [9.17, 15) is 4.79 Å². The lowest BCUT2D eigenvalue weighted by molar-refractivity contribution is -0.122. The lowest BCUT2D eigenvalue weighted by Gasteiger charge is -2.12. The van der Waals surface area contributed by atoms with Crippen molar-refractivity contribution >= 4 is 47.4 Å². The van der Waals surface area contributed by atoms with E-state index < -0.39 is 0 Å². The van der Waals surface area contributed by atoms with Crippen molar-refractivity contribution in [3.05, 3.63) is 34.9 Å². The number of carbonyl (C=O) groups is 1. The smallest absolute Gasteiger partial charge is 0.223 e. The predicted octanol–water partition coefficient (Wildman–Crippen LogP) is 2.58. The summed E-state index contributed by atoms with van der Waals surface area (Å²) in [6.07, 6.45) is 2.87. The molecule has 1 amide bonds. The summed E-state index contributed by atoms with van der Waals surface area (Å²) in [6, 6.07) is 7.83. The highest BCUT2D eigenvalue weighted by molar-refractivity contribution is 14.0. The second kappa shape index (κ2) is 11.5. The Bertz CT molecular complexity index is 549. The van der Waals surface area contributed by atoms with Crippen molar-refractivity contribution in [1.29, 1.82) is 0 Å². The largest absolute Gasteiger partial charge is 0.357 e. The SMILES string of the molecule is CCNC(=NCCc1ccccc1Cl)NCCNC(=O)C1CC1.I. The number of benzene rings is 1. The second-order valence-electron chi connectivity index (χ2n) is 5.59. The first-order valence-corrected chi connectivity index (χ1v) is 8.61. The zero-order valence-electron chi connectivity index (χ0n) is 14.0. The Morgan fingerprint density at radius 3 is 2.58 bits per heavy atom. The van der Waals surface area contributed by atoms with Crippen LogP contribution in [0.25, 0.3) is 0 Å². The third-order valence-corrected chi connectivity index (χ3v) is 3.99. The van der Waals surface area contributed by atoms with Gasteiger partial charge in [0.05, 0.1) is 0 Å². The highest BCUT2D eigenvalue weighted by Gasteiger charge is 2.28. The Morgan fingerprint density at radius 2 is 1.92 bits per heavy atom. The number of guanidine groups is 1. The van der Waals surface area contributed by atoms with Gasteiger partial charge in [-0.25, -0.2) is 0 Å². The lowest BCUT2D eigenvalue weighted by Crippen LogP contribution is -2.41. The van der Waals surface area contributed by atoms with Gasteiger partial charge in [0.25, 0.3) is 0 Å². The minimum Gasteiger partial charge on any atom is -0.357 e. The molecule has 24 heavy (non-hydrogen) atoms. The van der Waals surface area contributed by atoms with Crippen molar-refractivity contribution in [2.45, 2.75) is 26.2 Å². The van der Waals surface area contributed by atoms with Crippen molar-refractivity contribution in [1.82, 2.24) is 16.0 Å². The fourth-order valence-electron chi connectivity index (χ4n) is 2.19. The molecule has 7 heteroatoms. The molecule has 0 atom stereocenters. The minimum absolute atomic E-state index is 0. The molecule has 0 aromatic heterocycles. The van der Waals surface area contributed by atoms with Crippen LogP contribution in [0.5, 0.6) is 0 Å². The van der Waals surface area contributed by atoms with Crippen LogP contribution in [0.4, 0.5) is 0 Å². The molecule has 0 spiro atoms. The lowest BCUT2D eigenvalue weighted by atomic mass is 10.1. The average molecular weight is 465 g/mol. The van der Waals surface area contributed by atoms with Crippen LogP contribution in [-0.2, 0) is 11.2 Å². The summed E-state index contributed by atoms with van der Waals surface area (Å²) in [5.74, 6) is 1.19. The highest BCUT2D eigenvalue weighted by atomic mass is 127. The standard InChI is InChI=1S/C17H25ClN4O.HI/c1-2-19-17(22-12-11-20-16(23)14-7-8-14)21-10-9-13-5-3-4-6-15(13)18;/h3-6,14H,2,7-12H2,1H3,(H,20,23)(H2,19,21,22);1H. The molecule has 1 aromatic carbocycles. The van der Waals surface area contributed by atoms with Gasteiger partial charge in [-0.3, -0.25) is 9.79 Å². The normalized spacial score (nSPS) is 13.8. The first kappa shape index (κ1) is 21.0. The summed E-state index contributed by atoms with van der Waals surface area (Å²) in [4.78, 5) is 16.1. The molecule has 1 fully saturated rings. The molecule has 0 heterocycles. The molecular formula is C17H26ClIN4O. The van der Waals surface area contributed by atoms with Crippen molar-refractivity contribution in [2.24, 2.45) is 10.9 Å². The number of halogens is 2. The molecule has 0 aliphatic heterocycles. The Morgan fingerprint density at radius 1 is 1.21 bits per heavy atom. The maximum atomic E-state index is 11.5. The van der Waals surface area contributed by atoms with Gasteiger partial charge in [0.2, 0.25) is 5.91 Å². The first-order chi connectivity index (χ1) is 11.2. The summed E-state index contributed by atoms with van der Waals surface area (Å²) >= 11 is 6.14. The minimum atomic E-state index is 0. The molecule has 1 aliphatic rings. The molecule has 2 rings (SSSR count). The Balaban J connectivity index is 0.00000288. The second-order valence-corrected chi connectivity index (χ2v) is 6.00. The van der Waals surface area contributed by atoms with E-state index in [2.05, 4.69) is 20.9 Å². The van der Waals surface area contributed by atoms with Crippen LogP contribution in [0, 0.1) is 5.92 Å². The van der Waals surface area contributed by atoms with E-state index in [4.69, 9.17) is 11.6 Å². The van der Waals surface area contributed by atoms with Gasteiger partial charge in [0.1, 0.15) is 0 Å². The third kappa shape index (κ3) is 7.70. The summed E-state index contributed by atoms with van der Waals surface area (Å²) in [5.41, 5.74) is 1.10. The van der Waals surface area contributed by atoms with Gasteiger partial charge in [-0.15, -0.1) is 24.0 Å². The third-order valence-electron chi connectivity index (χ3n) is 3.62. The molecule has 0 radical (unpaired) electrons. The molecule has 3 N–H and O–H groups in total. The van der Waals surface area contributed by atoms with E-state index in [1.165, 1.54) is 0 Å². The first-order valence-electron chi connectivity index (χ1n) is 8.24. The predicted molar refractivity (Wildman–Crippen MR) is 110 cm³/mol. The quantitative estimate of drug-likeness (QED) is 0.240. The van der Waals surface area contributed by atoms with Gasteiger partial charge in [-0.05, 0) is 37.8 Å². The van der Waals surface area contributed by atoms with Crippen LogP contribution in [0.3, 0.4) is 0 Å². The zero-order valence-corrected chi connectivity index (χ0v) is 17.1. The van der Waals surface area contributed by atoms with E-state index in [1.54, 1.807) is 0 Å². The van der Waals surface area contributed by atoms with Crippen LogP contribution in [-0.4, -0.2) is 38.0 Å². The van der Waals surface area contributed by atoms with Gasteiger partial charge in [0, 0.05) is 37.1 Å². The van der Waals surface area contributed by atoms with Crippen molar-refractivity contribution < 1.29 is 4.79 Å². The summed E-state index contributed by atoms with van der Waals surface area (Å²) in [6.45, 7) is 4.76. The molecule has 1 aliphatic carbocycles. The molecule has 1 saturated carbocycles. The number of hydrogen-bond donors (Lipinski definition) is 3. The van der Waals surface area contributed by atoms with Crippen LogP contribution in [0.15, 0.2) is 29.3 Å². The Hall–Kier alpha value is -1.02. The number of aliphatic imine (C=N–C) groups is 1. The summed E-state index contributed by atoms with van der Waals surface area (Å²) in [5, 5.41) is 10.1. The number of carbonyl (C=O) groups excluding carboxylic acids is 1. The van der Waals surface area contributed by atoms with Gasteiger partial charge in [-0.1, -0.05) is 29.8 Å². The van der Waals surface area contributed by atoms with Crippen LogP contribution >= 0.6 is 35.6 Å². The summed E-state index contributed by atoms with van der Waals surface area (Å²) in [7, 11) is 0. The highest BCUT2D eigenvalue weighted by Crippen LogP contribution is 2.28. The van der Waals surface area contributed by atoms with E-state index in [0.29, 0.717) is 19.6 Å². The fraction of sp³-hybridized carbons (Fsp3) is 0.529. The number of hydrogen-bond acceptors (Lipinski definition) is 2. The van der Waals surface area contributed by atoms with Gasteiger partial charge >= 0.3 is 0 Å². The molecule has 0 saturated heterocycles. The molecule has 1 aromatic rings. The Labute approximate surface area is 166 Å². The molecule has 0 bridgehead atoms. The fourth-order valence-corrected chi connectivity index (χ4v) is 2.42. The molecule has 134 valence electrons. The van der Waals surface area contributed by atoms with E-state index in [-0.39, 0.29) is 35.8 Å². The molecule has 5 nitrogen and oxygen atoms in total. The van der Waals surface area contributed by atoms with Crippen molar-refractivity contribution in [3.8, 4) is 0 Å². The van der Waals surface area contributed by atoms with Crippen LogP contribution < -0.4 is 16.0 Å². The number of amides is 1. The van der Waals surface area contributed by atoms with E-state index in [1.807, 2.05) is 31.2 Å². The number of nitrogens with zero attached hydrogens (tertiary/aromatic N) is 1. The van der Waals surface area contributed by atoms with E-state index in [0.717, 1.165) is 42.4 Å². The van der Waals surface area contributed by atoms with Gasteiger partial charge in [0.15, 0.2) is 5.96 Å². The van der Waals surface area contributed by atoms with Gasteiger partial charge < -0.3 is 16.0 Å².